The predicted octanol–water partition coefficient (Wildman–Crippen LogP) is 2.31. The van der Waals surface area contributed by atoms with Gasteiger partial charge in [0.1, 0.15) is 23.1 Å². The van der Waals surface area contributed by atoms with Crippen molar-refractivity contribution in [3.8, 4) is 5.82 Å². The number of hydrogen-bond acceptors (Lipinski definition) is 6. The molecule has 2 heterocycles. The van der Waals surface area contributed by atoms with Gasteiger partial charge in [-0.2, -0.15) is 9.67 Å². The Hall–Kier alpha value is -2.81. The zero-order valence-electron chi connectivity index (χ0n) is 10.8. The topological polar surface area (TPSA) is 94.5 Å². The summed E-state index contributed by atoms with van der Waals surface area (Å²) in [7, 11) is 0. The lowest BCUT2D eigenvalue weighted by Crippen LogP contribution is -2.05. The minimum atomic E-state index is -0.778. The van der Waals surface area contributed by atoms with Crippen LogP contribution in [0.15, 0.2) is 30.6 Å². The highest BCUT2D eigenvalue weighted by Crippen LogP contribution is 2.20. The van der Waals surface area contributed by atoms with Crippen molar-refractivity contribution in [3.63, 3.8) is 0 Å². The quantitative estimate of drug-likeness (QED) is 0.718. The summed E-state index contributed by atoms with van der Waals surface area (Å²) in [5.74, 6) is -1.12. The lowest BCUT2D eigenvalue weighted by Gasteiger charge is -2.03. The summed E-state index contributed by atoms with van der Waals surface area (Å²) in [4.78, 5) is 11.6. The number of nitrogens with one attached hydrogen (secondary N) is 1. The van der Waals surface area contributed by atoms with Crippen molar-refractivity contribution >= 4 is 29.2 Å². The van der Waals surface area contributed by atoms with E-state index in [1.165, 1.54) is 23.1 Å². The first-order valence-electron chi connectivity index (χ1n) is 5.95. The molecule has 1 aromatic carbocycles. The molecule has 3 rings (SSSR count). The van der Waals surface area contributed by atoms with Gasteiger partial charge in [0.25, 0.3) is 0 Å². The van der Waals surface area contributed by atoms with Crippen LogP contribution in [0.2, 0.25) is 5.15 Å². The maximum atomic E-state index is 13.6. The number of nitrogens with zero attached hydrogens (tertiary/aromatic N) is 5. The number of halogens is 3. The van der Waals surface area contributed by atoms with Gasteiger partial charge in [-0.1, -0.05) is 11.6 Å². The predicted molar refractivity (Wildman–Crippen MR) is 76.0 cm³/mol. The molecule has 3 aromatic rings. The van der Waals surface area contributed by atoms with Crippen molar-refractivity contribution < 1.29 is 8.78 Å². The third-order valence-electron chi connectivity index (χ3n) is 2.65. The molecule has 3 N–H and O–H groups in total. The Morgan fingerprint density at radius 2 is 2.00 bits per heavy atom. The van der Waals surface area contributed by atoms with Crippen LogP contribution >= 0.6 is 11.6 Å². The summed E-state index contributed by atoms with van der Waals surface area (Å²) in [6.45, 7) is 0. The molecular weight excluding hydrogens is 316 g/mol. The van der Waals surface area contributed by atoms with Gasteiger partial charge in [-0.25, -0.2) is 18.7 Å². The molecule has 22 heavy (non-hydrogen) atoms. The third kappa shape index (κ3) is 2.79. The average molecular weight is 324 g/mol. The van der Waals surface area contributed by atoms with Gasteiger partial charge in [-0.05, 0) is 12.1 Å². The van der Waals surface area contributed by atoms with Gasteiger partial charge in [-0.15, -0.1) is 5.10 Å². The first-order valence-corrected chi connectivity index (χ1v) is 6.33. The average Bonchev–Trinajstić information content (AvgIpc) is 2.83. The van der Waals surface area contributed by atoms with E-state index >= 15 is 0 Å². The van der Waals surface area contributed by atoms with E-state index in [-0.39, 0.29) is 22.7 Å². The SMILES string of the molecule is Nc1nc(Nc2ccc(F)cc2F)nn1-c1cc(Cl)ncn1. The molecule has 0 aliphatic rings. The van der Waals surface area contributed by atoms with E-state index in [1.54, 1.807) is 0 Å². The lowest BCUT2D eigenvalue weighted by atomic mass is 10.3. The fourth-order valence-corrected chi connectivity index (χ4v) is 1.84. The minimum Gasteiger partial charge on any atom is -0.368 e. The summed E-state index contributed by atoms with van der Waals surface area (Å²) in [5, 5.41) is 6.85. The molecule has 0 spiro atoms. The molecule has 0 atom stereocenters. The largest absolute Gasteiger partial charge is 0.368 e. The van der Waals surface area contributed by atoms with Crippen LogP contribution in [-0.2, 0) is 0 Å². The highest BCUT2D eigenvalue weighted by Gasteiger charge is 2.12. The molecule has 0 bridgehead atoms. The summed E-state index contributed by atoms with van der Waals surface area (Å²) < 4.78 is 27.7. The molecule has 7 nitrogen and oxygen atoms in total. The second kappa shape index (κ2) is 5.53. The molecule has 0 radical (unpaired) electrons. The standard InChI is InChI=1S/C12H8ClF2N7/c13-9-4-10(18-5-17-9)22-11(16)20-12(21-22)19-8-2-1-6(14)3-7(8)15/h1-5H,(H3,16,19,20,21). The van der Waals surface area contributed by atoms with Crippen molar-refractivity contribution in [2.24, 2.45) is 0 Å². The molecule has 0 amide bonds. The van der Waals surface area contributed by atoms with Crippen LogP contribution in [0, 0.1) is 11.6 Å². The number of rotatable bonds is 3. The van der Waals surface area contributed by atoms with E-state index in [2.05, 4.69) is 25.4 Å². The van der Waals surface area contributed by atoms with Crippen molar-refractivity contribution in [2.45, 2.75) is 0 Å². The van der Waals surface area contributed by atoms with Crippen LogP contribution in [0.4, 0.5) is 26.4 Å². The van der Waals surface area contributed by atoms with Gasteiger partial charge < -0.3 is 11.1 Å². The van der Waals surface area contributed by atoms with Crippen molar-refractivity contribution in [2.75, 3.05) is 11.1 Å². The minimum absolute atomic E-state index is 0.0132. The lowest BCUT2D eigenvalue weighted by molar-refractivity contribution is 0.586. The van der Waals surface area contributed by atoms with Gasteiger partial charge in [-0.3, -0.25) is 0 Å². The van der Waals surface area contributed by atoms with Crippen LogP contribution in [0.1, 0.15) is 0 Å². The summed E-state index contributed by atoms with van der Waals surface area (Å²) in [5.41, 5.74) is 5.74. The van der Waals surface area contributed by atoms with Crippen LogP contribution in [-0.4, -0.2) is 24.7 Å². The molecule has 0 aliphatic heterocycles. The van der Waals surface area contributed by atoms with E-state index in [0.29, 0.717) is 5.82 Å². The van der Waals surface area contributed by atoms with E-state index in [0.717, 1.165) is 12.1 Å². The monoisotopic (exact) mass is 323 g/mol. The van der Waals surface area contributed by atoms with E-state index in [4.69, 9.17) is 17.3 Å². The number of nitrogens with two attached hydrogens (primary N) is 1. The molecule has 0 unspecified atom stereocenters. The Morgan fingerprint density at radius 1 is 1.18 bits per heavy atom. The van der Waals surface area contributed by atoms with Gasteiger partial charge in [0.2, 0.25) is 11.9 Å². The molecule has 0 aliphatic carbocycles. The highest BCUT2D eigenvalue weighted by molar-refractivity contribution is 6.29. The van der Waals surface area contributed by atoms with Gasteiger partial charge in [0.15, 0.2) is 5.82 Å². The van der Waals surface area contributed by atoms with E-state index in [1.807, 2.05) is 0 Å². The normalized spacial score (nSPS) is 10.7. The van der Waals surface area contributed by atoms with Crippen LogP contribution in [0.25, 0.3) is 5.82 Å². The smallest absolute Gasteiger partial charge is 0.248 e. The Bertz CT molecular complexity index is 836. The molecule has 2 aromatic heterocycles. The second-order valence-electron chi connectivity index (χ2n) is 4.15. The van der Waals surface area contributed by atoms with Crippen LogP contribution in [0.5, 0.6) is 0 Å². The first kappa shape index (κ1) is 14.1. The molecule has 0 fully saturated rings. The summed E-state index contributed by atoms with van der Waals surface area (Å²) in [6.07, 6.45) is 1.24. The zero-order valence-corrected chi connectivity index (χ0v) is 11.6. The third-order valence-corrected chi connectivity index (χ3v) is 2.85. The Kier molecular flexibility index (Phi) is 3.55. The van der Waals surface area contributed by atoms with Crippen molar-refractivity contribution in [1.29, 1.82) is 0 Å². The summed E-state index contributed by atoms with van der Waals surface area (Å²) in [6, 6.07) is 4.51. The summed E-state index contributed by atoms with van der Waals surface area (Å²) >= 11 is 5.77. The molecule has 10 heteroatoms. The van der Waals surface area contributed by atoms with Crippen LogP contribution < -0.4 is 11.1 Å². The highest BCUT2D eigenvalue weighted by atomic mass is 35.5. The maximum Gasteiger partial charge on any atom is 0.248 e. The fraction of sp³-hybridized carbons (Fsp3) is 0. The van der Waals surface area contributed by atoms with E-state index in [9.17, 15) is 8.78 Å². The molecule has 112 valence electrons. The fourth-order valence-electron chi connectivity index (χ4n) is 1.70. The number of hydrogen-bond donors (Lipinski definition) is 2. The molecule has 0 saturated heterocycles. The second-order valence-corrected chi connectivity index (χ2v) is 4.54. The van der Waals surface area contributed by atoms with Gasteiger partial charge in [0, 0.05) is 12.1 Å². The Labute approximate surface area is 127 Å². The number of aromatic nitrogens is 5. The maximum absolute atomic E-state index is 13.6. The number of nitrogen functional groups attached to an aromatic ring is 1. The Morgan fingerprint density at radius 3 is 2.73 bits per heavy atom. The van der Waals surface area contributed by atoms with Crippen molar-refractivity contribution in [3.05, 3.63) is 47.4 Å². The molecule has 0 saturated carbocycles. The zero-order chi connectivity index (χ0) is 15.7. The van der Waals surface area contributed by atoms with Gasteiger partial charge in [0.05, 0.1) is 5.69 Å². The number of benzene rings is 1. The molecular formula is C12H8ClF2N7. The van der Waals surface area contributed by atoms with Gasteiger partial charge >= 0.3 is 0 Å². The first-order chi connectivity index (χ1) is 10.5. The Balaban J connectivity index is 1.92. The number of anilines is 3. The van der Waals surface area contributed by atoms with Crippen molar-refractivity contribution in [1.82, 2.24) is 24.7 Å². The van der Waals surface area contributed by atoms with E-state index < -0.39 is 11.6 Å². The van der Waals surface area contributed by atoms with Crippen LogP contribution in [0.3, 0.4) is 0 Å².